The van der Waals surface area contributed by atoms with Gasteiger partial charge in [-0.15, -0.1) is 0 Å². The Kier molecular flexibility index (Phi) is 2.74. The van der Waals surface area contributed by atoms with Crippen LogP contribution in [0.25, 0.3) is 0 Å². The Morgan fingerprint density at radius 3 is 2.83 bits per heavy atom. The van der Waals surface area contributed by atoms with E-state index in [1.165, 1.54) is 6.42 Å². The fourth-order valence-electron chi connectivity index (χ4n) is 0.812. The second-order valence-electron chi connectivity index (χ2n) is 3.84. The lowest BCUT2D eigenvalue weighted by atomic mass is 9.90. The highest BCUT2D eigenvalue weighted by molar-refractivity contribution is 5.30. The zero-order valence-corrected chi connectivity index (χ0v) is 8.02. The van der Waals surface area contributed by atoms with Crippen LogP contribution in [-0.2, 0) is 0 Å². The standard InChI is InChI=1S/C9H17N3/c1-4-9(2,3)6-11-8-5-10-7-12-8/h5,7,11H,4,6H2,1-3H3,(H,10,12). The monoisotopic (exact) mass is 167 g/mol. The van der Waals surface area contributed by atoms with Crippen LogP contribution in [0.2, 0.25) is 0 Å². The van der Waals surface area contributed by atoms with Gasteiger partial charge in [-0.2, -0.15) is 0 Å². The van der Waals surface area contributed by atoms with E-state index in [1.807, 2.05) is 0 Å². The first-order valence-electron chi connectivity index (χ1n) is 4.36. The molecule has 1 heterocycles. The van der Waals surface area contributed by atoms with Gasteiger partial charge in [0.15, 0.2) is 0 Å². The largest absolute Gasteiger partial charge is 0.370 e. The highest BCUT2D eigenvalue weighted by Crippen LogP contribution is 2.19. The Labute approximate surface area is 73.6 Å². The molecule has 2 N–H and O–H groups in total. The lowest BCUT2D eigenvalue weighted by molar-refractivity contribution is 0.376. The number of aromatic nitrogens is 2. The molecule has 1 rings (SSSR count). The van der Waals surface area contributed by atoms with E-state index in [9.17, 15) is 0 Å². The van der Waals surface area contributed by atoms with Gasteiger partial charge in [0.25, 0.3) is 0 Å². The number of aromatic amines is 1. The van der Waals surface area contributed by atoms with Gasteiger partial charge in [-0.3, -0.25) is 0 Å². The first-order valence-corrected chi connectivity index (χ1v) is 4.36. The molecule has 0 spiro atoms. The highest BCUT2D eigenvalue weighted by Gasteiger charge is 2.14. The minimum Gasteiger partial charge on any atom is -0.370 e. The normalized spacial score (nSPS) is 11.6. The van der Waals surface area contributed by atoms with E-state index in [-0.39, 0.29) is 0 Å². The third-order valence-corrected chi connectivity index (χ3v) is 2.21. The molecule has 0 aliphatic rings. The molecule has 0 bridgehead atoms. The van der Waals surface area contributed by atoms with E-state index in [1.54, 1.807) is 12.5 Å². The number of anilines is 1. The average molecular weight is 167 g/mol. The summed E-state index contributed by atoms with van der Waals surface area (Å²) in [4.78, 5) is 6.94. The third kappa shape index (κ3) is 2.57. The van der Waals surface area contributed by atoms with Crippen LogP contribution < -0.4 is 5.32 Å². The first-order chi connectivity index (χ1) is 5.64. The molecule has 0 aromatic carbocycles. The van der Waals surface area contributed by atoms with E-state index >= 15 is 0 Å². The summed E-state index contributed by atoms with van der Waals surface area (Å²) >= 11 is 0. The van der Waals surface area contributed by atoms with Crippen LogP contribution in [0.1, 0.15) is 27.2 Å². The molecule has 0 atom stereocenters. The molecular weight excluding hydrogens is 150 g/mol. The Morgan fingerprint density at radius 2 is 2.33 bits per heavy atom. The summed E-state index contributed by atoms with van der Waals surface area (Å²) in [7, 11) is 0. The van der Waals surface area contributed by atoms with Crippen molar-refractivity contribution in [1.29, 1.82) is 0 Å². The Bertz CT molecular complexity index is 214. The lowest BCUT2D eigenvalue weighted by Gasteiger charge is -2.22. The van der Waals surface area contributed by atoms with E-state index in [2.05, 4.69) is 36.1 Å². The second kappa shape index (κ2) is 3.61. The molecule has 1 aromatic rings. The van der Waals surface area contributed by atoms with Gasteiger partial charge >= 0.3 is 0 Å². The topological polar surface area (TPSA) is 40.7 Å². The molecule has 12 heavy (non-hydrogen) atoms. The molecule has 0 saturated heterocycles. The van der Waals surface area contributed by atoms with Crippen molar-refractivity contribution in [2.45, 2.75) is 27.2 Å². The Morgan fingerprint density at radius 1 is 1.58 bits per heavy atom. The number of H-pyrrole nitrogens is 1. The average Bonchev–Trinajstić information content (AvgIpc) is 2.53. The maximum atomic E-state index is 3.93. The van der Waals surface area contributed by atoms with E-state index in [4.69, 9.17) is 0 Å². The van der Waals surface area contributed by atoms with E-state index in [0.717, 1.165) is 12.4 Å². The SMILES string of the molecule is CCC(C)(C)CNc1cnc[nH]1. The highest BCUT2D eigenvalue weighted by atomic mass is 15.0. The third-order valence-electron chi connectivity index (χ3n) is 2.21. The van der Waals surface area contributed by atoms with Gasteiger partial charge in [0.1, 0.15) is 5.82 Å². The number of hydrogen-bond donors (Lipinski definition) is 2. The number of hydrogen-bond acceptors (Lipinski definition) is 2. The lowest BCUT2D eigenvalue weighted by Crippen LogP contribution is -2.22. The molecule has 0 fully saturated rings. The fraction of sp³-hybridized carbons (Fsp3) is 0.667. The zero-order valence-electron chi connectivity index (χ0n) is 8.02. The predicted molar refractivity (Wildman–Crippen MR) is 51.1 cm³/mol. The van der Waals surface area contributed by atoms with Crippen molar-refractivity contribution in [2.75, 3.05) is 11.9 Å². The Hall–Kier alpha value is -0.990. The summed E-state index contributed by atoms with van der Waals surface area (Å²) in [5, 5.41) is 3.30. The number of imidazole rings is 1. The summed E-state index contributed by atoms with van der Waals surface area (Å²) in [5.74, 6) is 0.997. The van der Waals surface area contributed by atoms with Crippen molar-refractivity contribution < 1.29 is 0 Å². The predicted octanol–water partition coefficient (Wildman–Crippen LogP) is 2.26. The minimum atomic E-state index is 0.352. The van der Waals surface area contributed by atoms with E-state index in [0.29, 0.717) is 5.41 Å². The van der Waals surface area contributed by atoms with Gasteiger partial charge in [-0.25, -0.2) is 4.98 Å². The first kappa shape index (κ1) is 9.10. The molecule has 0 radical (unpaired) electrons. The van der Waals surface area contributed by atoms with Gasteiger partial charge < -0.3 is 10.3 Å². The zero-order chi connectivity index (χ0) is 9.03. The minimum absolute atomic E-state index is 0.352. The smallest absolute Gasteiger partial charge is 0.123 e. The van der Waals surface area contributed by atoms with Crippen molar-refractivity contribution in [3.05, 3.63) is 12.5 Å². The van der Waals surface area contributed by atoms with Crippen LogP contribution in [0, 0.1) is 5.41 Å². The molecule has 0 unspecified atom stereocenters. The summed E-state index contributed by atoms with van der Waals surface area (Å²) in [6.07, 6.45) is 4.65. The molecule has 0 amide bonds. The van der Waals surface area contributed by atoms with Crippen LogP contribution in [0.4, 0.5) is 5.82 Å². The van der Waals surface area contributed by atoms with Crippen LogP contribution in [0.3, 0.4) is 0 Å². The van der Waals surface area contributed by atoms with Crippen LogP contribution in [-0.4, -0.2) is 16.5 Å². The van der Waals surface area contributed by atoms with Crippen LogP contribution in [0.5, 0.6) is 0 Å². The second-order valence-corrected chi connectivity index (χ2v) is 3.84. The van der Waals surface area contributed by atoms with Gasteiger partial charge in [-0.05, 0) is 11.8 Å². The van der Waals surface area contributed by atoms with Crippen molar-refractivity contribution in [3.63, 3.8) is 0 Å². The molecule has 3 nitrogen and oxygen atoms in total. The Balaban J connectivity index is 2.36. The number of rotatable bonds is 4. The van der Waals surface area contributed by atoms with Crippen molar-refractivity contribution in [3.8, 4) is 0 Å². The van der Waals surface area contributed by atoms with Crippen molar-refractivity contribution in [1.82, 2.24) is 9.97 Å². The summed E-state index contributed by atoms with van der Waals surface area (Å²) < 4.78 is 0. The molecule has 0 aliphatic carbocycles. The van der Waals surface area contributed by atoms with Gasteiger partial charge in [0, 0.05) is 6.54 Å². The molecule has 68 valence electrons. The molecular formula is C9H17N3. The molecule has 1 aromatic heterocycles. The van der Waals surface area contributed by atoms with Crippen molar-refractivity contribution in [2.24, 2.45) is 5.41 Å². The molecule has 3 heteroatoms. The summed E-state index contributed by atoms with van der Waals surface area (Å²) in [6, 6.07) is 0. The summed E-state index contributed by atoms with van der Waals surface area (Å²) in [5.41, 5.74) is 0.352. The molecule has 0 saturated carbocycles. The fourth-order valence-corrected chi connectivity index (χ4v) is 0.812. The number of nitrogens with zero attached hydrogens (tertiary/aromatic N) is 1. The summed E-state index contributed by atoms with van der Waals surface area (Å²) in [6.45, 7) is 7.67. The van der Waals surface area contributed by atoms with Gasteiger partial charge in [0.05, 0.1) is 12.5 Å². The van der Waals surface area contributed by atoms with Gasteiger partial charge in [0.2, 0.25) is 0 Å². The van der Waals surface area contributed by atoms with Crippen LogP contribution >= 0.6 is 0 Å². The maximum absolute atomic E-state index is 3.93. The molecule has 0 aliphatic heterocycles. The van der Waals surface area contributed by atoms with Gasteiger partial charge in [-0.1, -0.05) is 20.8 Å². The van der Waals surface area contributed by atoms with Crippen molar-refractivity contribution >= 4 is 5.82 Å². The van der Waals surface area contributed by atoms with E-state index < -0.39 is 0 Å². The maximum Gasteiger partial charge on any atom is 0.123 e. The quantitative estimate of drug-likeness (QED) is 0.722. The van der Waals surface area contributed by atoms with Crippen LogP contribution in [0.15, 0.2) is 12.5 Å². The number of nitrogens with one attached hydrogen (secondary N) is 2.